The second-order valence-corrected chi connectivity index (χ2v) is 5.77. The maximum absolute atomic E-state index is 12.4. The van der Waals surface area contributed by atoms with Crippen molar-refractivity contribution in [2.75, 3.05) is 5.32 Å². The molecule has 0 unspecified atom stereocenters. The number of nitrogens with zero attached hydrogens (tertiary/aromatic N) is 2. The highest BCUT2D eigenvalue weighted by Crippen LogP contribution is 2.19. The molecule has 0 bridgehead atoms. The monoisotopic (exact) mass is 293 g/mol. The lowest BCUT2D eigenvalue weighted by Crippen LogP contribution is -2.12. The molecule has 0 radical (unpaired) electrons. The number of imidazole rings is 1. The van der Waals surface area contributed by atoms with E-state index in [9.17, 15) is 4.79 Å². The molecular weight excluding hydrogens is 274 g/mol. The van der Waals surface area contributed by atoms with Crippen LogP contribution in [0, 0.1) is 6.92 Å². The first-order valence-electron chi connectivity index (χ1n) is 7.40. The van der Waals surface area contributed by atoms with E-state index in [2.05, 4.69) is 24.1 Å². The van der Waals surface area contributed by atoms with Gasteiger partial charge in [-0.2, -0.15) is 0 Å². The van der Waals surface area contributed by atoms with Crippen LogP contribution >= 0.6 is 0 Å². The number of carbonyl (C=O) groups is 1. The number of amides is 1. The van der Waals surface area contributed by atoms with Crippen molar-refractivity contribution in [2.24, 2.45) is 0 Å². The van der Waals surface area contributed by atoms with Gasteiger partial charge in [-0.05, 0) is 42.7 Å². The van der Waals surface area contributed by atoms with Crippen LogP contribution in [0.5, 0.6) is 0 Å². The van der Waals surface area contributed by atoms with E-state index in [0.717, 1.165) is 11.3 Å². The maximum atomic E-state index is 12.4. The molecule has 4 nitrogen and oxygen atoms in total. The number of aromatic nitrogens is 2. The van der Waals surface area contributed by atoms with Gasteiger partial charge in [0.2, 0.25) is 0 Å². The lowest BCUT2D eigenvalue weighted by Gasteiger charge is -2.08. The molecule has 1 amide bonds. The largest absolute Gasteiger partial charge is 0.319 e. The Balaban J connectivity index is 1.86. The number of benzene rings is 1. The third-order valence-corrected chi connectivity index (χ3v) is 3.69. The van der Waals surface area contributed by atoms with Crippen molar-refractivity contribution in [3.05, 3.63) is 65.6 Å². The fourth-order valence-electron chi connectivity index (χ4n) is 2.45. The molecule has 0 fully saturated rings. The van der Waals surface area contributed by atoms with Crippen LogP contribution in [-0.2, 0) is 0 Å². The number of aryl methyl sites for hydroxylation is 1. The Morgan fingerprint density at radius 1 is 1.18 bits per heavy atom. The van der Waals surface area contributed by atoms with Gasteiger partial charge in [-0.3, -0.25) is 4.79 Å². The van der Waals surface area contributed by atoms with Gasteiger partial charge < -0.3 is 9.72 Å². The second-order valence-electron chi connectivity index (χ2n) is 5.77. The molecule has 4 heteroatoms. The Morgan fingerprint density at radius 2 is 1.91 bits per heavy atom. The van der Waals surface area contributed by atoms with Crippen LogP contribution in [0.3, 0.4) is 0 Å². The summed E-state index contributed by atoms with van der Waals surface area (Å²) in [6, 6.07) is 11.5. The first-order chi connectivity index (χ1) is 10.5. The summed E-state index contributed by atoms with van der Waals surface area (Å²) in [7, 11) is 0. The van der Waals surface area contributed by atoms with Gasteiger partial charge in [-0.1, -0.05) is 26.0 Å². The Kier molecular flexibility index (Phi) is 3.67. The molecule has 0 atom stereocenters. The van der Waals surface area contributed by atoms with Crippen molar-refractivity contribution in [3.63, 3.8) is 0 Å². The van der Waals surface area contributed by atoms with E-state index < -0.39 is 0 Å². The fourth-order valence-corrected chi connectivity index (χ4v) is 2.45. The van der Waals surface area contributed by atoms with Gasteiger partial charge in [0.1, 0.15) is 0 Å². The number of fused-ring (bicyclic) bond motifs is 1. The van der Waals surface area contributed by atoms with Gasteiger partial charge >= 0.3 is 0 Å². The number of anilines is 1. The van der Waals surface area contributed by atoms with E-state index in [-0.39, 0.29) is 5.91 Å². The fraction of sp³-hybridized carbons (Fsp3) is 0.222. The Hall–Kier alpha value is -2.62. The first-order valence-corrected chi connectivity index (χ1v) is 7.40. The Labute approximate surface area is 129 Å². The van der Waals surface area contributed by atoms with Crippen molar-refractivity contribution < 1.29 is 4.79 Å². The van der Waals surface area contributed by atoms with Crippen molar-refractivity contribution in [1.82, 2.24) is 9.38 Å². The third kappa shape index (κ3) is 2.72. The Morgan fingerprint density at radius 3 is 2.59 bits per heavy atom. The molecule has 2 heterocycles. The zero-order valence-corrected chi connectivity index (χ0v) is 13.0. The number of hydrogen-bond acceptors (Lipinski definition) is 2. The van der Waals surface area contributed by atoms with E-state index in [1.807, 2.05) is 60.1 Å². The predicted octanol–water partition coefficient (Wildman–Crippen LogP) is 4.02. The average Bonchev–Trinajstić information content (AvgIpc) is 2.88. The highest BCUT2D eigenvalue weighted by Gasteiger charge is 2.10. The zero-order chi connectivity index (χ0) is 15.7. The van der Waals surface area contributed by atoms with Crippen LogP contribution in [0.15, 0.2) is 48.8 Å². The number of pyridine rings is 1. The molecule has 0 aliphatic carbocycles. The molecule has 0 saturated heterocycles. The molecule has 2 aromatic heterocycles. The van der Waals surface area contributed by atoms with Gasteiger partial charge in [0.15, 0.2) is 5.65 Å². The van der Waals surface area contributed by atoms with Crippen molar-refractivity contribution in [3.8, 4) is 0 Å². The topological polar surface area (TPSA) is 46.4 Å². The minimum atomic E-state index is -0.121. The molecule has 22 heavy (non-hydrogen) atoms. The van der Waals surface area contributed by atoms with E-state index in [1.165, 1.54) is 5.56 Å². The zero-order valence-electron chi connectivity index (χ0n) is 13.0. The molecule has 0 aliphatic rings. The van der Waals surface area contributed by atoms with Gasteiger partial charge in [0, 0.05) is 18.0 Å². The molecule has 0 aliphatic heterocycles. The number of nitrogens with one attached hydrogen (secondary N) is 1. The van der Waals surface area contributed by atoms with Crippen molar-refractivity contribution >= 4 is 17.2 Å². The van der Waals surface area contributed by atoms with Gasteiger partial charge in [-0.25, -0.2) is 4.98 Å². The SMILES string of the molecule is Cc1cn2cccc(NC(=O)c3ccc(C(C)C)cc3)c2n1. The Bertz CT molecular complexity index is 816. The van der Waals surface area contributed by atoms with Crippen LogP contribution in [-0.4, -0.2) is 15.3 Å². The van der Waals surface area contributed by atoms with E-state index in [1.54, 1.807) is 0 Å². The highest BCUT2D eigenvalue weighted by atomic mass is 16.1. The maximum Gasteiger partial charge on any atom is 0.255 e. The van der Waals surface area contributed by atoms with E-state index in [0.29, 0.717) is 17.2 Å². The van der Waals surface area contributed by atoms with Crippen LogP contribution in [0.2, 0.25) is 0 Å². The molecule has 3 aromatic rings. The summed E-state index contributed by atoms with van der Waals surface area (Å²) < 4.78 is 1.91. The lowest BCUT2D eigenvalue weighted by molar-refractivity contribution is 0.102. The van der Waals surface area contributed by atoms with E-state index >= 15 is 0 Å². The smallest absolute Gasteiger partial charge is 0.255 e. The summed E-state index contributed by atoms with van der Waals surface area (Å²) >= 11 is 0. The van der Waals surface area contributed by atoms with Crippen LogP contribution in [0.1, 0.15) is 41.4 Å². The quantitative estimate of drug-likeness (QED) is 0.793. The molecule has 112 valence electrons. The highest BCUT2D eigenvalue weighted by molar-refractivity contribution is 6.06. The van der Waals surface area contributed by atoms with E-state index in [4.69, 9.17) is 0 Å². The molecule has 0 saturated carbocycles. The molecule has 1 N–H and O–H groups in total. The van der Waals surface area contributed by atoms with Gasteiger partial charge in [0.25, 0.3) is 5.91 Å². The summed E-state index contributed by atoms with van der Waals surface area (Å²) in [6.07, 6.45) is 3.85. The lowest BCUT2D eigenvalue weighted by atomic mass is 10.0. The summed E-state index contributed by atoms with van der Waals surface area (Å²) in [5, 5.41) is 2.94. The van der Waals surface area contributed by atoms with Crippen molar-refractivity contribution in [2.45, 2.75) is 26.7 Å². The number of hydrogen-bond donors (Lipinski definition) is 1. The average molecular weight is 293 g/mol. The predicted molar refractivity (Wildman–Crippen MR) is 88.4 cm³/mol. The number of carbonyl (C=O) groups excluding carboxylic acids is 1. The summed E-state index contributed by atoms with van der Waals surface area (Å²) in [6.45, 7) is 6.20. The summed E-state index contributed by atoms with van der Waals surface area (Å²) in [5.74, 6) is 0.336. The molecule has 3 rings (SSSR count). The summed E-state index contributed by atoms with van der Waals surface area (Å²) in [4.78, 5) is 16.8. The van der Waals surface area contributed by atoms with Crippen molar-refractivity contribution in [1.29, 1.82) is 0 Å². The third-order valence-electron chi connectivity index (χ3n) is 3.69. The van der Waals surface area contributed by atoms with Crippen LogP contribution in [0.4, 0.5) is 5.69 Å². The van der Waals surface area contributed by atoms with Crippen LogP contribution < -0.4 is 5.32 Å². The number of rotatable bonds is 3. The van der Waals surface area contributed by atoms with Gasteiger partial charge in [0.05, 0.1) is 11.4 Å². The first kappa shape index (κ1) is 14.3. The van der Waals surface area contributed by atoms with Crippen LogP contribution in [0.25, 0.3) is 5.65 Å². The molecule has 1 aromatic carbocycles. The minimum absolute atomic E-state index is 0.121. The standard InChI is InChI=1S/C18H19N3O/c1-12(2)14-6-8-15(9-7-14)18(22)20-16-5-4-10-21-11-13(3)19-17(16)21/h4-12H,1-3H3,(H,20,22). The molecular formula is C18H19N3O. The summed E-state index contributed by atoms with van der Waals surface area (Å²) in [5.41, 5.74) is 4.26. The van der Waals surface area contributed by atoms with Gasteiger partial charge in [-0.15, -0.1) is 0 Å². The molecule has 0 spiro atoms. The normalized spacial score (nSPS) is 11.1. The second kappa shape index (κ2) is 5.64. The minimum Gasteiger partial charge on any atom is -0.319 e.